The van der Waals surface area contributed by atoms with Gasteiger partial charge in [0, 0.05) is 47.0 Å². The number of aromatic nitrogens is 1. The molecule has 6 heteroatoms. The number of ether oxygens (including phenoxy) is 1. The van der Waals surface area contributed by atoms with Crippen molar-refractivity contribution >= 4 is 28.8 Å². The van der Waals surface area contributed by atoms with Crippen LogP contribution < -0.4 is 4.74 Å². The van der Waals surface area contributed by atoms with Gasteiger partial charge in [-0.05, 0) is 64.0 Å². The first-order chi connectivity index (χ1) is 18.6. The molecule has 0 atom stereocenters. The van der Waals surface area contributed by atoms with E-state index in [4.69, 9.17) is 16.3 Å². The lowest BCUT2D eigenvalue weighted by Crippen LogP contribution is -2.27. The van der Waals surface area contributed by atoms with E-state index in [1.807, 2.05) is 79.8 Å². The average Bonchev–Trinajstić information content (AvgIpc) is 3.44. The standard InChI is InChI=1S/C32H27ClN2O2S/c1-35(21-25-10-6-15-34-20-25)31(36)18-24-9-5-11-26(17-24)32-28(14-16-38-32)29-19-27(33)12-13-30(29)37-22-23-7-3-2-4-8-23/h2-17,19-20H,18,21-22H2,1H3. The molecular weight excluding hydrogens is 512 g/mol. The van der Waals surface area contributed by atoms with Gasteiger partial charge in [-0.2, -0.15) is 0 Å². The maximum Gasteiger partial charge on any atom is 0.227 e. The van der Waals surface area contributed by atoms with Gasteiger partial charge in [0.05, 0.1) is 6.42 Å². The molecule has 0 saturated heterocycles. The average molecular weight is 539 g/mol. The Kier molecular flexibility index (Phi) is 8.17. The summed E-state index contributed by atoms with van der Waals surface area (Å²) in [5.41, 5.74) is 6.14. The van der Waals surface area contributed by atoms with Crippen molar-refractivity contribution in [3.05, 3.63) is 130 Å². The monoisotopic (exact) mass is 538 g/mol. The number of halogens is 1. The summed E-state index contributed by atoms with van der Waals surface area (Å²) in [5, 5.41) is 2.73. The summed E-state index contributed by atoms with van der Waals surface area (Å²) in [7, 11) is 1.83. The van der Waals surface area contributed by atoms with E-state index in [0.29, 0.717) is 24.6 Å². The number of benzene rings is 3. The van der Waals surface area contributed by atoms with E-state index in [1.54, 1.807) is 28.6 Å². The summed E-state index contributed by atoms with van der Waals surface area (Å²) >= 11 is 8.08. The van der Waals surface area contributed by atoms with Crippen LogP contribution in [0, 0.1) is 0 Å². The van der Waals surface area contributed by atoms with E-state index in [-0.39, 0.29) is 5.91 Å². The first kappa shape index (κ1) is 25.7. The Morgan fingerprint density at radius 1 is 0.895 bits per heavy atom. The van der Waals surface area contributed by atoms with Crippen LogP contribution in [-0.2, 0) is 24.4 Å². The highest BCUT2D eigenvalue weighted by molar-refractivity contribution is 7.14. The first-order valence-corrected chi connectivity index (χ1v) is 13.6. The summed E-state index contributed by atoms with van der Waals surface area (Å²) in [6, 6.07) is 30.0. The fraction of sp³-hybridized carbons (Fsp3) is 0.125. The van der Waals surface area contributed by atoms with Crippen LogP contribution >= 0.6 is 22.9 Å². The van der Waals surface area contributed by atoms with Crippen molar-refractivity contribution in [3.8, 4) is 27.3 Å². The predicted octanol–water partition coefficient (Wildman–Crippen LogP) is 7.91. The molecule has 0 saturated carbocycles. The molecule has 0 unspecified atom stereocenters. The number of thiophene rings is 1. The Morgan fingerprint density at radius 2 is 1.71 bits per heavy atom. The summed E-state index contributed by atoms with van der Waals surface area (Å²) in [6.45, 7) is 1.00. The van der Waals surface area contributed by atoms with Crippen molar-refractivity contribution in [1.29, 1.82) is 0 Å². The van der Waals surface area contributed by atoms with Crippen LogP contribution in [-0.4, -0.2) is 22.8 Å². The molecule has 5 aromatic rings. The highest BCUT2D eigenvalue weighted by Gasteiger charge is 2.16. The lowest BCUT2D eigenvalue weighted by atomic mass is 10.00. The quantitative estimate of drug-likeness (QED) is 0.191. The molecule has 0 aliphatic carbocycles. The van der Waals surface area contributed by atoms with Gasteiger partial charge in [0.15, 0.2) is 0 Å². The highest BCUT2D eigenvalue weighted by Crippen LogP contribution is 2.42. The molecule has 0 radical (unpaired) electrons. The molecule has 3 aromatic carbocycles. The zero-order valence-corrected chi connectivity index (χ0v) is 22.6. The fourth-order valence-corrected chi connectivity index (χ4v) is 5.38. The van der Waals surface area contributed by atoms with E-state index in [0.717, 1.165) is 44.0 Å². The van der Waals surface area contributed by atoms with E-state index in [1.165, 1.54) is 0 Å². The lowest BCUT2D eigenvalue weighted by Gasteiger charge is -2.17. The van der Waals surface area contributed by atoms with Gasteiger partial charge in [0.25, 0.3) is 0 Å². The van der Waals surface area contributed by atoms with Crippen LogP contribution in [0.25, 0.3) is 21.6 Å². The van der Waals surface area contributed by atoms with Crippen LogP contribution in [0.15, 0.2) is 109 Å². The molecule has 4 nitrogen and oxygen atoms in total. The molecule has 0 aliphatic rings. The summed E-state index contributed by atoms with van der Waals surface area (Å²) in [5.74, 6) is 0.838. The minimum atomic E-state index is 0.0591. The first-order valence-electron chi connectivity index (χ1n) is 12.3. The van der Waals surface area contributed by atoms with Crippen molar-refractivity contribution in [2.45, 2.75) is 19.6 Å². The number of pyridine rings is 1. The van der Waals surface area contributed by atoms with E-state index >= 15 is 0 Å². The number of hydrogen-bond acceptors (Lipinski definition) is 4. The van der Waals surface area contributed by atoms with Crippen LogP contribution in [0.5, 0.6) is 5.75 Å². The number of nitrogens with zero attached hydrogens (tertiary/aromatic N) is 2. The highest BCUT2D eigenvalue weighted by atomic mass is 35.5. The second kappa shape index (κ2) is 12.1. The van der Waals surface area contributed by atoms with Gasteiger partial charge in [-0.3, -0.25) is 9.78 Å². The van der Waals surface area contributed by atoms with Crippen LogP contribution in [0.3, 0.4) is 0 Å². The predicted molar refractivity (Wildman–Crippen MR) is 155 cm³/mol. The third-order valence-electron chi connectivity index (χ3n) is 6.25. The molecule has 0 fully saturated rings. The summed E-state index contributed by atoms with van der Waals surface area (Å²) in [4.78, 5) is 19.9. The largest absolute Gasteiger partial charge is 0.488 e. The van der Waals surface area contributed by atoms with Crippen LogP contribution in [0.1, 0.15) is 16.7 Å². The Hall–Kier alpha value is -3.93. The SMILES string of the molecule is CN(Cc1cccnc1)C(=O)Cc1cccc(-c2sccc2-c2cc(Cl)ccc2OCc2ccccc2)c1. The second-order valence-electron chi connectivity index (χ2n) is 9.07. The van der Waals surface area contributed by atoms with Crippen molar-refractivity contribution in [3.63, 3.8) is 0 Å². The van der Waals surface area contributed by atoms with E-state index in [9.17, 15) is 4.79 Å². The van der Waals surface area contributed by atoms with Gasteiger partial charge in [-0.25, -0.2) is 0 Å². The minimum Gasteiger partial charge on any atom is -0.488 e. The van der Waals surface area contributed by atoms with E-state index in [2.05, 4.69) is 28.6 Å². The molecule has 0 N–H and O–H groups in total. The summed E-state index contributed by atoms with van der Waals surface area (Å²) in [6.07, 6.45) is 3.85. The normalized spacial score (nSPS) is 10.8. The zero-order valence-electron chi connectivity index (χ0n) is 21.0. The molecular formula is C32H27ClN2O2S. The molecule has 5 rings (SSSR count). The Balaban J connectivity index is 1.37. The molecule has 2 heterocycles. The van der Waals surface area contributed by atoms with Gasteiger partial charge in [-0.15, -0.1) is 11.3 Å². The Morgan fingerprint density at radius 3 is 2.53 bits per heavy atom. The van der Waals surface area contributed by atoms with Gasteiger partial charge < -0.3 is 9.64 Å². The van der Waals surface area contributed by atoms with Gasteiger partial charge in [0.2, 0.25) is 5.91 Å². The number of amides is 1. The molecule has 0 aliphatic heterocycles. The topological polar surface area (TPSA) is 42.4 Å². The molecule has 2 aromatic heterocycles. The zero-order chi connectivity index (χ0) is 26.3. The molecule has 0 bridgehead atoms. The maximum absolute atomic E-state index is 13.0. The number of rotatable bonds is 9. The third kappa shape index (κ3) is 6.31. The second-order valence-corrected chi connectivity index (χ2v) is 10.4. The molecule has 0 spiro atoms. The van der Waals surface area contributed by atoms with Crippen LogP contribution in [0.2, 0.25) is 5.02 Å². The maximum atomic E-state index is 13.0. The van der Waals surface area contributed by atoms with Crippen molar-refractivity contribution in [1.82, 2.24) is 9.88 Å². The summed E-state index contributed by atoms with van der Waals surface area (Å²) < 4.78 is 6.24. The molecule has 38 heavy (non-hydrogen) atoms. The van der Waals surface area contributed by atoms with Gasteiger partial charge >= 0.3 is 0 Å². The Bertz CT molecular complexity index is 1520. The molecule has 190 valence electrons. The number of carbonyl (C=O) groups is 1. The lowest BCUT2D eigenvalue weighted by molar-refractivity contribution is -0.129. The van der Waals surface area contributed by atoms with Crippen LogP contribution in [0.4, 0.5) is 0 Å². The van der Waals surface area contributed by atoms with Crippen molar-refractivity contribution in [2.24, 2.45) is 0 Å². The van der Waals surface area contributed by atoms with Crippen molar-refractivity contribution in [2.75, 3.05) is 7.05 Å². The van der Waals surface area contributed by atoms with Crippen molar-refractivity contribution < 1.29 is 9.53 Å². The van der Waals surface area contributed by atoms with Gasteiger partial charge in [-0.1, -0.05) is 66.2 Å². The smallest absolute Gasteiger partial charge is 0.227 e. The number of carbonyl (C=O) groups excluding carboxylic acids is 1. The number of likely N-dealkylation sites (N-methyl/N-ethyl adjacent to an activating group) is 1. The Labute approximate surface area is 232 Å². The third-order valence-corrected chi connectivity index (χ3v) is 7.45. The molecule has 1 amide bonds. The number of hydrogen-bond donors (Lipinski definition) is 0. The van der Waals surface area contributed by atoms with E-state index < -0.39 is 0 Å². The van der Waals surface area contributed by atoms with Gasteiger partial charge in [0.1, 0.15) is 12.4 Å². The minimum absolute atomic E-state index is 0.0591. The fourth-order valence-electron chi connectivity index (χ4n) is 4.30.